The molecule has 1 N–H and O–H groups in total. The van der Waals surface area contributed by atoms with Gasteiger partial charge in [0, 0.05) is 0 Å². The Morgan fingerprint density at radius 3 is 2.59 bits per heavy atom. The van der Waals surface area contributed by atoms with Gasteiger partial charge in [0.05, 0.1) is 0 Å². The fourth-order valence-corrected chi connectivity index (χ4v) is 2.12. The van der Waals surface area contributed by atoms with Gasteiger partial charge in [-0.15, -0.1) is 0 Å². The molecule has 1 heterocycles. The Kier molecular flexibility index (Phi) is 2.48. The molecule has 4 nitrogen and oxygen atoms in total. The van der Waals surface area contributed by atoms with Crippen LogP contribution in [0.5, 0.6) is 5.75 Å². The van der Waals surface area contributed by atoms with Crippen molar-refractivity contribution >= 4 is 11.0 Å². The van der Waals surface area contributed by atoms with Crippen LogP contribution in [0.15, 0.2) is 42.5 Å². The molecule has 0 saturated carbocycles. The molecule has 0 atom stereocenters. The Bertz CT molecular complexity index is 679. The summed E-state index contributed by atoms with van der Waals surface area (Å²) in [6.45, 7) is 0. The number of aromatic nitrogens is 3. The number of benzene rings is 2. The van der Waals surface area contributed by atoms with Gasteiger partial charge in [-0.2, -0.15) is 0 Å². The quantitative estimate of drug-likeness (QED) is 0.699. The average Bonchev–Trinajstić information content (AvgIpc) is 2.74. The van der Waals surface area contributed by atoms with Gasteiger partial charge in [0.25, 0.3) is 0 Å². The van der Waals surface area contributed by atoms with E-state index in [1.807, 2.05) is 42.5 Å². The number of phenols is 1. The second kappa shape index (κ2) is 4.00. The summed E-state index contributed by atoms with van der Waals surface area (Å²) in [6.07, 6.45) is 0. The van der Waals surface area contributed by atoms with E-state index < -0.39 is 0 Å². The van der Waals surface area contributed by atoms with Crippen LogP contribution in [0.1, 0.15) is 0 Å². The normalized spacial score (nSPS) is 10.9. The van der Waals surface area contributed by atoms with E-state index in [1.165, 1.54) is 3.09 Å². The molecule has 5 heteroatoms. The van der Waals surface area contributed by atoms with E-state index >= 15 is 0 Å². The molecule has 2 aromatic carbocycles. The summed E-state index contributed by atoms with van der Waals surface area (Å²) in [5.74, 6) is 0.152. The summed E-state index contributed by atoms with van der Waals surface area (Å²) >= 11 is 3.23. The van der Waals surface area contributed by atoms with Gasteiger partial charge in [-0.1, -0.05) is 0 Å². The van der Waals surface area contributed by atoms with Gasteiger partial charge in [0.2, 0.25) is 0 Å². The van der Waals surface area contributed by atoms with Gasteiger partial charge in [-0.3, -0.25) is 0 Å². The number of hydrogen-bond acceptors (Lipinski definition) is 3. The maximum atomic E-state index is 10.2. The van der Waals surface area contributed by atoms with E-state index in [-0.39, 0.29) is 5.75 Å². The molecular weight excluding hydrogens is 310 g/mol. The van der Waals surface area contributed by atoms with Crippen molar-refractivity contribution in [1.82, 2.24) is 13.4 Å². The third kappa shape index (κ3) is 1.67. The molecule has 1 aromatic heterocycles. The summed E-state index contributed by atoms with van der Waals surface area (Å²) in [7, 11) is 0. The first kappa shape index (κ1) is 10.5. The zero-order chi connectivity index (χ0) is 11.8. The zero-order valence-electron chi connectivity index (χ0n) is 8.63. The average molecular weight is 318 g/mol. The first-order valence-corrected chi connectivity index (χ1v) is 5.69. The van der Waals surface area contributed by atoms with Crippen molar-refractivity contribution in [3.63, 3.8) is 0 Å². The van der Waals surface area contributed by atoms with Crippen molar-refractivity contribution in [3.8, 4) is 16.9 Å². The summed E-state index contributed by atoms with van der Waals surface area (Å²) in [5.41, 5.74) is 2.94. The first-order chi connectivity index (χ1) is 8.27. The molecular formula is C12H8AgN3O. The zero-order valence-corrected chi connectivity index (χ0v) is 10.1. The molecule has 0 fully saturated rings. The van der Waals surface area contributed by atoms with Crippen LogP contribution in [-0.2, 0) is 21.3 Å². The summed E-state index contributed by atoms with van der Waals surface area (Å²) in [6, 6.07) is 13.4. The van der Waals surface area contributed by atoms with Gasteiger partial charge in [-0.05, 0) is 0 Å². The molecule has 0 radical (unpaired) electrons. The number of phenolic OH excluding ortho intramolecular Hbond substituents is 1. The Hall–Kier alpha value is -1.62. The van der Waals surface area contributed by atoms with Gasteiger partial charge in [-0.25, -0.2) is 0 Å². The molecule has 0 aliphatic carbocycles. The van der Waals surface area contributed by atoms with Crippen LogP contribution >= 0.6 is 0 Å². The number of hydrogen-bond donors (Lipinski definition) is 1. The van der Waals surface area contributed by atoms with Crippen LogP contribution in [0, 0.1) is 0 Å². The molecule has 3 rings (SSSR count). The molecule has 3 aromatic rings. The van der Waals surface area contributed by atoms with Crippen LogP contribution in [0.25, 0.3) is 22.2 Å². The predicted octanol–water partition coefficient (Wildman–Crippen LogP) is 2.11. The molecule has 0 unspecified atom stereocenters. The van der Waals surface area contributed by atoms with Crippen molar-refractivity contribution in [1.29, 1.82) is 0 Å². The van der Waals surface area contributed by atoms with Crippen LogP contribution in [0.3, 0.4) is 0 Å². The molecule has 0 aliphatic heterocycles. The van der Waals surface area contributed by atoms with Crippen molar-refractivity contribution in [2.45, 2.75) is 0 Å². The molecule has 17 heavy (non-hydrogen) atoms. The van der Waals surface area contributed by atoms with Crippen LogP contribution in [0.4, 0.5) is 0 Å². The topological polar surface area (TPSA) is 50.9 Å². The molecule has 88 valence electrons. The maximum absolute atomic E-state index is 10.2. The van der Waals surface area contributed by atoms with E-state index in [0.29, 0.717) is 5.52 Å². The fourth-order valence-electron chi connectivity index (χ4n) is 1.78. The van der Waals surface area contributed by atoms with Crippen molar-refractivity contribution in [3.05, 3.63) is 42.5 Å². The third-order valence-electron chi connectivity index (χ3n) is 2.61. The molecule has 0 spiro atoms. The Labute approximate surface area is 110 Å². The number of nitrogens with zero attached hydrogens (tertiary/aromatic N) is 3. The van der Waals surface area contributed by atoms with E-state index in [9.17, 15) is 5.11 Å². The fraction of sp³-hybridized carbons (Fsp3) is 0. The van der Waals surface area contributed by atoms with Crippen LogP contribution in [0.2, 0.25) is 0 Å². The molecule has 0 bridgehead atoms. The van der Waals surface area contributed by atoms with Gasteiger partial charge in [0.1, 0.15) is 0 Å². The van der Waals surface area contributed by atoms with Crippen molar-refractivity contribution in [2.24, 2.45) is 0 Å². The van der Waals surface area contributed by atoms with Crippen molar-refractivity contribution in [2.75, 3.05) is 0 Å². The summed E-state index contributed by atoms with van der Waals surface area (Å²) < 4.78 is 1.45. The SMILES string of the molecule is Oc1c(-c2ccccc2)ccc2c1nn[n]2[Ag]. The standard InChI is InChI=1S/C12H8N3O.Ag/c16-12-9(8-4-2-1-3-5-8)6-7-10-11(12)14-15-13-10;/h1-7H,(H-,13,14,15,16);/q-1;+1. The Morgan fingerprint density at radius 2 is 1.82 bits per heavy atom. The molecule has 0 aliphatic rings. The van der Waals surface area contributed by atoms with Gasteiger partial charge in [0.15, 0.2) is 0 Å². The van der Waals surface area contributed by atoms with E-state index in [1.54, 1.807) is 0 Å². The van der Waals surface area contributed by atoms with Gasteiger partial charge >= 0.3 is 110 Å². The second-order valence-corrected chi connectivity index (χ2v) is 4.24. The predicted molar refractivity (Wildman–Crippen MR) is 60.0 cm³/mol. The van der Waals surface area contributed by atoms with Crippen molar-refractivity contribution < 1.29 is 26.4 Å². The second-order valence-electron chi connectivity index (χ2n) is 3.61. The third-order valence-corrected chi connectivity index (χ3v) is 3.10. The Morgan fingerprint density at radius 1 is 1.06 bits per heavy atom. The molecule has 0 amide bonds. The molecule has 0 saturated heterocycles. The first-order valence-electron chi connectivity index (χ1n) is 5.03. The van der Waals surface area contributed by atoms with E-state index in [2.05, 4.69) is 31.6 Å². The van der Waals surface area contributed by atoms with Crippen LogP contribution in [-0.4, -0.2) is 18.5 Å². The monoisotopic (exact) mass is 317 g/mol. The van der Waals surface area contributed by atoms with E-state index in [4.69, 9.17) is 0 Å². The minimum absolute atomic E-state index is 0.152. The summed E-state index contributed by atoms with van der Waals surface area (Å²) in [4.78, 5) is 0. The van der Waals surface area contributed by atoms with E-state index in [0.717, 1.165) is 16.6 Å². The van der Waals surface area contributed by atoms with Crippen LogP contribution < -0.4 is 0 Å². The minimum atomic E-state index is 0.152. The Balaban J connectivity index is 2.29. The number of rotatable bonds is 1. The van der Waals surface area contributed by atoms with Gasteiger partial charge < -0.3 is 0 Å². The number of fused-ring (bicyclic) bond motifs is 1. The number of aromatic hydroxyl groups is 1. The summed E-state index contributed by atoms with van der Waals surface area (Å²) in [5, 5.41) is 17.9.